The van der Waals surface area contributed by atoms with E-state index in [9.17, 15) is 13.2 Å². The summed E-state index contributed by atoms with van der Waals surface area (Å²) < 4.78 is 24.5. The Morgan fingerprint density at radius 2 is 2.22 bits per heavy atom. The molecular formula is C11H17N3O3S. The van der Waals surface area contributed by atoms with E-state index in [4.69, 9.17) is 5.73 Å². The van der Waals surface area contributed by atoms with E-state index < -0.39 is 9.84 Å². The molecule has 6 nitrogen and oxygen atoms in total. The minimum atomic E-state index is -2.99. The molecule has 1 amide bonds. The number of nitrogen functional groups attached to an aromatic ring is 1. The highest BCUT2D eigenvalue weighted by atomic mass is 32.2. The summed E-state index contributed by atoms with van der Waals surface area (Å²) in [6.45, 7) is 0. The van der Waals surface area contributed by atoms with E-state index in [-0.39, 0.29) is 23.5 Å². The Morgan fingerprint density at radius 3 is 2.67 bits per heavy atom. The molecule has 18 heavy (non-hydrogen) atoms. The summed E-state index contributed by atoms with van der Waals surface area (Å²) in [7, 11) is 0.388. The zero-order chi connectivity index (χ0) is 13.5. The molecule has 0 saturated carbocycles. The van der Waals surface area contributed by atoms with E-state index in [1.54, 1.807) is 30.9 Å². The molecule has 1 aliphatic rings. The van der Waals surface area contributed by atoms with Crippen molar-refractivity contribution in [2.45, 2.75) is 12.5 Å². The normalized spacial score (nSPS) is 22.0. The number of nitrogens with zero attached hydrogens (tertiary/aromatic N) is 2. The van der Waals surface area contributed by atoms with Crippen LogP contribution in [0.3, 0.4) is 0 Å². The molecule has 1 aromatic rings. The fraction of sp³-hybridized carbons (Fsp3) is 0.545. The molecular weight excluding hydrogens is 254 g/mol. The average Bonchev–Trinajstić information content (AvgIpc) is 2.79. The highest BCUT2D eigenvalue weighted by Gasteiger charge is 2.33. The summed E-state index contributed by atoms with van der Waals surface area (Å²) in [5.41, 5.74) is 6.62. The number of hydrogen-bond donors (Lipinski definition) is 1. The molecule has 2 N–H and O–H groups in total. The minimum absolute atomic E-state index is 0.0507. The van der Waals surface area contributed by atoms with Crippen LogP contribution in [-0.4, -0.2) is 48.4 Å². The van der Waals surface area contributed by atoms with E-state index >= 15 is 0 Å². The number of sulfone groups is 1. The lowest BCUT2D eigenvalue weighted by Gasteiger charge is -2.23. The van der Waals surface area contributed by atoms with Crippen LogP contribution in [0.25, 0.3) is 0 Å². The molecule has 0 aromatic carbocycles. The second-order valence-corrected chi connectivity index (χ2v) is 6.97. The third kappa shape index (κ3) is 2.35. The van der Waals surface area contributed by atoms with Crippen LogP contribution in [0.4, 0.5) is 5.69 Å². The number of hydrogen-bond acceptors (Lipinski definition) is 4. The Balaban J connectivity index is 2.17. The van der Waals surface area contributed by atoms with E-state index in [2.05, 4.69) is 0 Å². The molecule has 0 radical (unpaired) electrons. The molecule has 1 fully saturated rings. The first-order chi connectivity index (χ1) is 8.30. The quantitative estimate of drug-likeness (QED) is 0.811. The van der Waals surface area contributed by atoms with Gasteiger partial charge >= 0.3 is 0 Å². The molecule has 100 valence electrons. The number of rotatable bonds is 2. The zero-order valence-electron chi connectivity index (χ0n) is 10.5. The van der Waals surface area contributed by atoms with Gasteiger partial charge in [0.25, 0.3) is 5.91 Å². The standard InChI is InChI=1S/C11H17N3O3S/c1-13-6-8(12)5-10(13)11(15)14(2)9-3-4-18(16,17)7-9/h5-6,9H,3-4,7,12H2,1-2H3. The number of carbonyl (C=O) groups is 1. The molecule has 1 unspecified atom stereocenters. The molecule has 7 heteroatoms. The fourth-order valence-electron chi connectivity index (χ4n) is 2.23. The highest BCUT2D eigenvalue weighted by Crippen LogP contribution is 2.19. The van der Waals surface area contributed by atoms with Crippen LogP contribution in [0.2, 0.25) is 0 Å². The second kappa shape index (κ2) is 4.31. The Hall–Kier alpha value is -1.50. The maximum Gasteiger partial charge on any atom is 0.270 e. The molecule has 1 atom stereocenters. The third-order valence-corrected chi connectivity index (χ3v) is 5.07. The van der Waals surface area contributed by atoms with Gasteiger partial charge < -0.3 is 15.2 Å². The van der Waals surface area contributed by atoms with Gasteiger partial charge in [-0.25, -0.2) is 8.42 Å². The molecule has 0 spiro atoms. The zero-order valence-corrected chi connectivity index (χ0v) is 11.3. The second-order valence-electron chi connectivity index (χ2n) is 4.74. The van der Waals surface area contributed by atoms with Crippen LogP contribution in [0, 0.1) is 0 Å². The molecule has 0 bridgehead atoms. The smallest absolute Gasteiger partial charge is 0.270 e. The van der Waals surface area contributed by atoms with Crippen molar-refractivity contribution in [3.63, 3.8) is 0 Å². The predicted octanol–water partition coefficient (Wildman–Crippen LogP) is -0.134. The maximum absolute atomic E-state index is 12.2. The van der Waals surface area contributed by atoms with Gasteiger partial charge in [-0.15, -0.1) is 0 Å². The lowest BCUT2D eigenvalue weighted by Crippen LogP contribution is -2.38. The molecule has 1 aromatic heterocycles. The highest BCUT2D eigenvalue weighted by molar-refractivity contribution is 7.91. The van der Waals surface area contributed by atoms with Crippen molar-refractivity contribution >= 4 is 21.4 Å². The SMILES string of the molecule is CN(C(=O)c1cc(N)cn1C)C1CCS(=O)(=O)C1. The lowest BCUT2D eigenvalue weighted by molar-refractivity contribution is 0.0738. The van der Waals surface area contributed by atoms with Crippen molar-refractivity contribution in [1.29, 1.82) is 0 Å². The monoisotopic (exact) mass is 271 g/mol. The van der Waals surface area contributed by atoms with E-state index in [0.717, 1.165) is 0 Å². The number of amides is 1. The predicted molar refractivity (Wildman–Crippen MR) is 69.0 cm³/mol. The van der Waals surface area contributed by atoms with E-state index in [0.29, 0.717) is 17.8 Å². The van der Waals surface area contributed by atoms with Crippen molar-refractivity contribution in [2.75, 3.05) is 24.3 Å². The van der Waals surface area contributed by atoms with Crippen LogP contribution in [0.5, 0.6) is 0 Å². The largest absolute Gasteiger partial charge is 0.397 e. The molecule has 2 heterocycles. The number of aryl methyl sites for hydroxylation is 1. The lowest BCUT2D eigenvalue weighted by atomic mass is 10.2. The van der Waals surface area contributed by atoms with Crippen molar-refractivity contribution in [2.24, 2.45) is 7.05 Å². The number of carbonyl (C=O) groups excluding carboxylic acids is 1. The fourth-order valence-corrected chi connectivity index (χ4v) is 4.00. The topological polar surface area (TPSA) is 85.4 Å². The average molecular weight is 271 g/mol. The van der Waals surface area contributed by atoms with Crippen LogP contribution >= 0.6 is 0 Å². The summed E-state index contributed by atoms with van der Waals surface area (Å²) in [6, 6.07) is 1.36. The van der Waals surface area contributed by atoms with Crippen molar-refractivity contribution < 1.29 is 13.2 Å². The van der Waals surface area contributed by atoms with E-state index in [1.165, 1.54) is 4.90 Å². The van der Waals surface area contributed by atoms with Crippen molar-refractivity contribution in [1.82, 2.24) is 9.47 Å². The molecule has 1 aliphatic heterocycles. The van der Waals surface area contributed by atoms with Gasteiger partial charge in [-0.05, 0) is 12.5 Å². The van der Waals surface area contributed by atoms with Crippen LogP contribution < -0.4 is 5.73 Å². The summed E-state index contributed by atoms with van der Waals surface area (Å²) in [6.07, 6.45) is 2.16. The first-order valence-electron chi connectivity index (χ1n) is 5.69. The van der Waals surface area contributed by atoms with Crippen molar-refractivity contribution in [3.05, 3.63) is 18.0 Å². The maximum atomic E-state index is 12.2. The van der Waals surface area contributed by atoms with Gasteiger partial charge in [0.2, 0.25) is 0 Å². The Bertz CT molecular complexity index is 576. The molecule has 0 aliphatic carbocycles. The van der Waals surface area contributed by atoms with Gasteiger partial charge in [0.1, 0.15) is 5.69 Å². The first kappa shape index (κ1) is 12.9. The third-order valence-electron chi connectivity index (χ3n) is 3.32. The summed E-state index contributed by atoms with van der Waals surface area (Å²) >= 11 is 0. The van der Waals surface area contributed by atoms with Gasteiger partial charge in [-0.1, -0.05) is 0 Å². The van der Waals surface area contributed by atoms with Crippen LogP contribution in [-0.2, 0) is 16.9 Å². The van der Waals surface area contributed by atoms with Crippen LogP contribution in [0.15, 0.2) is 12.3 Å². The van der Waals surface area contributed by atoms with E-state index in [1.807, 2.05) is 0 Å². The van der Waals surface area contributed by atoms with Crippen molar-refractivity contribution in [3.8, 4) is 0 Å². The summed E-state index contributed by atoms with van der Waals surface area (Å²) in [4.78, 5) is 13.7. The number of nitrogens with two attached hydrogens (primary N) is 1. The van der Waals surface area contributed by atoms with Gasteiger partial charge in [-0.3, -0.25) is 4.79 Å². The minimum Gasteiger partial charge on any atom is -0.397 e. The van der Waals surface area contributed by atoms with Gasteiger partial charge in [-0.2, -0.15) is 0 Å². The van der Waals surface area contributed by atoms with Gasteiger partial charge in [0, 0.05) is 26.3 Å². The number of anilines is 1. The molecule has 2 rings (SSSR count). The van der Waals surface area contributed by atoms with Crippen LogP contribution in [0.1, 0.15) is 16.9 Å². The summed E-state index contributed by atoms with van der Waals surface area (Å²) in [5.74, 6) is 0.0102. The van der Waals surface area contributed by atoms with Gasteiger partial charge in [0.05, 0.1) is 17.2 Å². The van der Waals surface area contributed by atoms with Gasteiger partial charge in [0.15, 0.2) is 9.84 Å². The Morgan fingerprint density at radius 1 is 1.56 bits per heavy atom. The summed E-state index contributed by atoms with van der Waals surface area (Å²) in [5, 5.41) is 0. The first-order valence-corrected chi connectivity index (χ1v) is 7.52. The Kier molecular flexibility index (Phi) is 3.10. The molecule has 1 saturated heterocycles. The number of aromatic nitrogens is 1. The Labute approximate surface area is 106 Å².